The first-order chi connectivity index (χ1) is 10.2. The molecule has 2 rings (SSSR count). The third-order valence-electron chi connectivity index (χ3n) is 3.64. The molecule has 1 aliphatic heterocycles. The molecule has 1 N–H and O–H groups in total. The van der Waals surface area contributed by atoms with Crippen LogP contribution in [0.1, 0.15) is 11.1 Å². The number of carbonyl (C=O) groups excluding carboxylic acids is 1. The second-order valence-electron chi connectivity index (χ2n) is 5.30. The quantitative estimate of drug-likeness (QED) is 0.850. The van der Waals surface area contributed by atoms with E-state index in [1.807, 2.05) is 25.1 Å². The third-order valence-corrected chi connectivity index (χ3v) is 3.64. The smallest absolute Gasteiger partial charge is 0.224 e. The fourth-order valence-electron chi connectivity index (χ4n) is 2.46. The van der Waals surface area contributed by atoms with Crippen molar-refractivity contribution in [3.63, 3.8) is 0 Å². The highest BCUT2D eigenvalue weighted by atomic mass is 16.5. The lowest BCUT2D eigenvalue weighted by Gasteiger charge is -2.26. The molecule has 0 atom stereocenters. The third kappa shape index (κ3) is 5.02. The van der Waals surface area contributed by atoms with E-state index < -0.39 is 0 Å². The predicted octanol–water partition coefficient (Wildman–Crippen LogP) is 0.995. The largest absolute Gasteiger partial charge is 0.496 e. The number of morpholine rings is 1. The number of aryl methyl sites for hydroxylation is 1. The van der Waals surface area contributed by atoms with Crippen LogP contribution in [0.3, 0.4) is 0 Å². The lowest BCUT2D eigenvalue weighted by Crippen LogP contribution is -2.41. The van der Waals surface area contributed by atoms with Crippen LogP contribution < -0.4 is 10.1 Å². The van der Waals surface area contributed by atoms with Crippen molar-refractivity contribution in [1.29, 1.82) is 0 Å². The van der Waals surface area contributed by atoms with Crippen molar-refractivity contribution >= 4 is 5.91 Å². The number of ether oxygens (including phenoxy) is 2. The molecule has 0 spiro atoms. The van der Waals surface area contributed by atoms with Gasteiger partial charge in [-0.1, -0.05) is 17.7 Å². The van der Waals surface area contributed by atoms with Crippen LogP contribution in [0.4, 0.5) is 0 Å². The van der Waals surface area contributed by atoms with Gasteiger partial charge in [-0.3, -0.25) is 9.69 Å². The van der Waals surface area contributed by atoms with Crippen LogP contribution in [-0.4, -0.2) is 57.3 Å². The number of nitrogens with one attached hydrogen (secondary N) is 1. The fourth-order valence-corrected chi connectivity index (χ4v) is 2.46. The molecule has 5 heteroatoms. The Balaban J connectivity index is 1.77. The Hall–Kier alpha value is -1.59. The second-order valence-corrected chi connectivity index (χ2v) is 5.30. The zero-order valence-corrected chi connectivity index (χ0v) is 12.9. The summed E-state index contributed by atoms with van der Waals surface area (Å²) in [5.41, 5.74) is 2.06. The van der Waals surface area contributed by atoms with Crippen LogP contribution in [0.25, 0.3) is 0 Å². The van der Waals surface area contributed by atoms with Crippen LogP contribution in [0.2, 0.25) is 0 Å². The maximum absolute atomic E-state index is 12.0. The highest BCUT2D eigenvalue weighted by molar-refractivity contribution is 5.79. The summed E-state index contributed by atoms with van der Waals surface area (Å²) in [6.45, 7) is 7.03. The minimum Gasteiger partial charge on any atom is -0.496 e. The number of nitrogens with zero attached hydrogens (tertiary/aromatic N) is 1. The first-order valence-corrected chi connectivity index (χ1v) is 7.39. The number of rotatable bonds is 6. The molecule has 0 unspecified atom stereocenters. The molecule has 1 fully saturated rings. The van der Waals surface area contributed by atoms with Gasteiger partial charge in [-0.05, 0) is 13.0 Å². The summed E-state index contributed by atoms with van der Waals surface area (Å²) in [6, 6.07) is 5.89. The first kappa shape index (κ1) is 15.8. The molecule has 0 aromatic heterocycles. The maximum Gasteiger partial charge on any atom is 0.224 e. The molecule has 21 heavy (non-hydrogen) atoms. The Morgan fingerprint density at radius 2 is 2.14 bits per heavy atom. The summed E-state index contributed by atoms with van der Waals surface area (Å²) >= 11 is 0. The summed E-state index contributed by atoms with van der Waals surface area (Å²) in [7, 11) is 1.63. The zero-order chi connectivity index (χ0) is 15.1. The minimum absolute atomic E-state index is 0.0344. The maximum atomic E-state index is 12.0. The molecule has 0 radical (unpaired) electrons. The molecule has 0 saturated carbocycles. The first-order valence-electron chi connectivity index (χ1n) is 7.39. The molecule has 0 aliphatic carbocycles. The molecule has 1 saturated heterocycles. The van der Waals surface area contributed by atoms with E-state index in [0.717, 1.165) is 49.7 Å². The van der Waals surface area contributed by atoms with Crippen LogP contribution >= 0.6 is 0 Å². The van der Waals surface area contributed by atoms with Gasteiger partial charge in [0.1, 0.15) is 5.75 Å². The molecular formula is C16H24N2O3. The van der Waals surface area contributed by atoms with Crippen molar-refractivity contribution in [1.82, 2.24) is 10.2 Å². The number of benzene rings is 1. The van der Waals surface area contributed by atoms with Gasteiger partial charge in [0.2, 0.25) is 5.91 Å². The van der Waals surface area contributed by atoms with Gasteiger partial charge < -0.3 is 14.8 Å². The highest BCUT2D eigenvalue weighted by Crippen LogP contribution is 2.19. The van der Waals surface area contributed by atoms with Crippen molar-refractivity contribution in [2.24, 2.45) is 0 Å². The number of methoxy groups -OCH3 is 1. The Bertz CT molecular complexity index is 471. The van der Waals surface area contributed by atoms with Gasteiger partial charge in [0, 0.05) is 31.7 Å². The normalized spacial score (nSPS) is 15.7. The topological polar surface area (TPSA) is 50.8 Å². The van der Waals surface area contributed by atoms with E-state index >= 15 is 0 Å². The molecule has 116 valence electrons. The van der Waals surface area contributed by atoms with Crippen LogP contribution in [-0.2, 0) is 16.0 Å². The minimum atomic E-state index is 0.0344. The second kappa shape index (κ2) is 8.00. The van der Waals surface area contributed by atoms with Gasteiger partial charge >= 0.3 is 0 Å². The summed E-state index contributed by atoms with van der Waals surface area (Å²) in [5.74, 6) is 0.802. The molecule has 1 aromatic rings. The SMILES string of the molecule is COc1ccc(C)cc1CC(=O)NCCN1CCOCC1. The van der Waals surface area contributed by atoms with Gasteiger partial charge in [0.25, 0.3) is 0 Å². The van der Waals surface area contributed by atoms with E-state index in [4.69, 9.17) is 9.47 Å². The lowest BCUT2D eigenvalue weighted by molar-refractivity contribution is -0.120. The van der Waals surface area contributed by atoms with Crippen molar-refractivity contribution < 1.29 is 14.3 Å². The van der Waals surface area contributed by atoms with Gasteiger partial charge in [0.05, 0.1) is 26.7 Å². The van der Waals surface area contributed by atoms with E-state index in [2.05, 4.69) is 10.2 Å². The van der Waals surface area contributed by atoms with Gasteiger partial charge in [-0.2, -0.15) is 0 Å². The van der Waals surface area contributed by atoms with E-state index in [0.29, 0.717) is 13.0 Å². The molecule has 0 bridgehead atoms. The Morgan fingerprint density at radius 3 is 2.86 bits per heavy atom. The highest BCUT2D eigenvalue weighted by Gasteiger charge is 2.11. The number of hydrogen-bond acceptors (Lipinski definition) is 4. The molecule has 1 aliphatic rings. The van der Waals surface area contributed by atoms with E-state index in [1.165, 1.54) is 0 Å². The van der Waals surface area contributed by atoms with Crippen LogP contribution in [0.15, 0.2) is 18.2 Å². The Kier molecular flexibility index (Phi) is 6.02. The molecule has 5 nitrogen and oxygen atoms in total. The number of carbonyl (C=O) groups is 1. The average Bonchev–Trinajstić information content (AvgIpc) is 2.48. The van der Waals surface area contributed by atoms with Gasteiger partial charge in [0.15, 0.2) is 0 Å². The molecular weight excluding hydrogens is 268 g/mol. The summed E-state index contributed by atoms with van der Waals surface area (Å²) in [5, 5.41) is 2.97. The van der Waals surface area contributed by atoms with Gasteiger partial charge in [-0.15, -0.1) is 0 Å². The summed E-state index contributed by atoms with van der Waals surface area (Å²) in [4.78, 5) is 14.3. The van der Waals surface area contributed by atoms with Gasteiger partial charge in [-0.25, -0.2) is 0 Å². The zero-order valence-electron chi connectivity index (χ0n) is 12.9. The van der Waals surface area contributed by atoms with E-state index in [1.54, 1.807) is 7.11 Å². The van der Waals surface area contributed by atoms with Crippen LogP contribution in [0.5, 0.6) is 5.75 Å². The molecule has 1 aromatic carbocycles. The van der Waals surface area contributed by atoms with E-state index in [9.17, 15) is 4.79 Å². The molecule has 1 heterocycles. The summed E-state index contributed by atoms with van der Waals surface area (Å²) < 4.78 is 10.6. The Labute approximate surface area is 126 Å². The molecule has 1 amide bonds. The van der Waals surface area contributed by atoms with Crippen molar-refractivity contribution in [2.75, 3.05) is 46.5 Å². The van der Waals surface area contributed by atoms with Crippen molar-refractivity contribution in [3.8, 4) is 5.75 Å². The lowest BCUT2D eigenvalue weighted by atomic mass is 10.1. The Morgan fingerprint density at radius 1 is 1.38 bits per heavy atom. The predicted molar refractivity (Wildman–Crippen MR) is 81.7 cm³/mol. The summed E-state index contributed by atoms with van der Waals surface area (Å²) in [6.07, 6.45) is 0.355. The van der Waals surface area contributed by atoms with E-state index in [-0.39, 0.29) is 5.91 Å². The number of hydrogen-bond donors (Lipinski definition) is 1. The monoisotopic (exact) mass is 292 g/mol. The fraction of sp³-hybridized carbons (Fsp3) is 0.562. The standard InChI is InChI=1S/C16H24N2O3/c1-13-3-4-15(20-2)14(11-13)12-16(19)17-5-6-18-7-9-21-10-8-18/h3-4,11H,5-10,12H2,1-2H3,(H,17,19). The van der Waals surface area contributed by atoms with Crippen molar-refractivity contribution in [2.45, 2.75) is 13.3 Å². The average molecular weight is 292 g/mol. The van der Waals surface area contributed by atoms with Crippen LogP contribution in [0, 0.1) is 6.92 Å². The van der Waals surface area contributed by atoms with Crippen molar-refractivity contribution in [3.05, 3.63) is 29.3 Å². The number of amides is 1.